The molecule has 3 aromatic heterocycles. The third-order valence-corrected chi connectivity index (χ3v) is 11.5. The summed E-state index contributed by atoms with van der Waals surface area (Å²) in [7, 11) is -1.87. The van der Waals surface area contributed by atoms with Crippen LogP contribution in [0.1, 0.15) is 37.4 Å². The maximum atomic E-state index is 13.8. The quantitative estimate of drug-likeness (QED) is 0.118. The molecule has 0 saturated carbocycles. The molecule has 0 atom stereocenters. The molecule has 1 radical (unpaired) electrons. The van der Waals surface area contributed by atoms with Crippen LogP contribution in [0.5, 0.6) is 0 Å². The Labute approximate surface area is 334 Å². The molecule has 0 aliphatic heterocycles. The minimum Gasteiger partial charge on any atom is -0.305 e. The van der Waals surface area contributed by atoms with Gasteiger partial charge in [0.25, 0.3) is 0 Å². The first-order valence-corrected chi connectivity index (χ1v) is 20.9. The van der Waals surface area contributed by atoms with Crippen molar-refractivity contribution in [2.45, 2.75) is 39.2 Å². The van der Waals surface area contributed by atoms with Gasteiger partial charge in [0, 0.05) is 46.8 Å². The fourth-order valence-electron chi connectivity index (χ4n) is 5.75. The number of nitrogens with zero attached hydrogens (tertiary/aromatic N) is 2. The summed E-state index contributed by atoms with van der Waals surface area (Å²) >= 11 is 1.60. The fourth-order valence-corrected chi connectivity index (χ4v) is 8.19. The molecule has 5 aromatic carbocycles. The summed E-state index contributed by atoms with van der Waals surface area (Å²) in [6.45, 7) is 4.34. The summed E-state index contributed by atoms with van der Waals surface area (Å²) in [6, 6.07) is 43.1. The van der Waals surface area contributed by atoms with E-state index in [1.54, 1.807) is 90.5 Å². The number of hydrogen-bond acceptors (Lipinski definition) is 3. The van der Waals surface area contributed by atoms with Crippen molar-refractivity contribution < 1.29 is 34.1 Å². The van der Waals surface area contributed by atoms with Gasteiger partial charge in [-0.3, -0.25) is 0 Å². The molecule has 6 heteroatoms. The Kier molecular flexibility index (Phi) is 9.12. The van der Waals surface area contributed by atoms with Crippen LogP contribution in [-0.2, 0) is 32.9 Å². The van der Waals surface area contributed by atoms with Gasteiger partial charge in [0.15, 0.2) is 0 Å². The third-order valence-electron chi connectivity index (χ3n) is 8.32. The maximum absolute atomic E-state index is 13.8. The molecule has 8 aromatic rings. The van der Waals surface area contributed by atoms with E-state index in [9.17, 15) is 4.39 Å². The molecule has 0 saturated heterocycles. The molecular formula is C46H39FIrN2SSi-2. The van der Waals surface area contributed by atoms with Crippen molar-refractivity contribution in [1.29, 1.82) is 0 Å². The van der Waals surface area contributed by atoms with Crippen LogP contribution in [0.25, 0.3) is 42.7 Å². The topological polar surface area (TPSA) is 25.8 Å². The van der Waals surface area contributed by atoms with Gasteiger partial charge in [0.2, 0.25) is 0 Å². The predicted molar refractivity (Wildman–Crippen MR) is 216 cm³/mol. The summed E-state index contributed by atoms with van der Waals surface area (Å²) in [4.78, 5) is 9.01. The molecule has 0 bridgehead atoms. The largest absolute Gasteiger partial charge is 0.305 e. The van der Waals surface area contributed by atoms with E-state index < -0.39 is 27.7 Å². The van der Waals surface area contributed by atoms with Crippen molar-refractivity contribution in [3.63, 3.8) is 0 Å². The fraction of sp³-hybridized carbons (Fsp3) is 0.130. The van der Waals surface area contributed by atoms with Crippen molar-refractivity contribution in [3.05, 3.63) is 186 Å². The van der Waals surface area contributed by atoms with Gasteiger partial charge in [-0.05, 0) is 80.4 Å². The number of hydrogen-bond donors (Lipinski definition) is 0. The van der Waals surface area contributed by atoms with Crippen LogP contribution in [0, 0.1) is 24.8 Å². The average molecular weight is 898 g/mol. The van der Waals surface area contributed by atoms with Crippen molar-refractivity contribution in [2.24, 2.45) is 0 Å². The van der Waals surface area contributed by atoms with E-state index in [1.165, 1.54) is 12.1 Å². The number of rotatable bonds is 7. The number of thiophene rings is 1. The van der Waals surface area contributed by atoms with Gasteiger partial charge >= 0.3 is 0 Å². The van der Waals surface area contributed by atoms with Crippen molar-refractivity contribution >= 4 is 44.8 Å². The van der Waals surface area contributed by atoms with Gasteiger partial charge in [-0.2, -0.15) is 11.3 Å². The second-order valence-electron chi connectivity index (χ2n) is 13.1. The van der Waals surface area contributed by atoms with E-state index >= 15 is 0 Å². The first-order chi connectivity index (χ1) is 27.4. The van der Waals surface area contributed by atoms with Crippen LogP contribution in [0.3, 0.4) is 0 Å². The first kappa shape index (κ1) is 28.9. The standard InChI is InChI=1S/C24H15FNS.C22H24NSi.Ir/c25-19-7-9-24-21(15-19)20-14-18(6-8-23(20)27-24)22-13-17(10-11-26-22)12-16-4-2-1-3-5-16;1-17-10-12-19(13-11-17)21-15-20(14-18-8-6-5-7-9-18)22(16-23-21)24(2,3)4;/h1-5,7-11,13-15H,12H2;5-12,15-16H,14H2,1-4H3;/q2*-1;/i12D2;1D3,14D2;. The van der Waals surface area contributed by atoms with Crippen LogP contribution in [-0.4, -0.2) is 18.0 Å². The van der Waals surface area contributed by atoms with Gasteiger partial charge in [0.1, 0.15) is 5.82 Å². The van der Waals surface area contributed by atoms with Gasteiger partial charge in [-0.15, -0.1) is 59.2 Å². The van der Waals surface area contributed by atoms with E-state index in [-0.39, 0.29) is 31.5 Å². The molecular weight excluding hydrogens is 852 g/mol. The number of pyridine rings is 2. The van der Waals surface area contributed by atoms with Crippen molar-refractivity contribution in [3.8, 4) is 22.5 Å². The number of benzene rings is 5. The number of aryl methyl sites for hydroxylation is 1. The van der Waals surface area contributed by atoms with E-state index in [4.69, 9.17) is 9.60 Å². The van der Waals surface area contributed by atoms with E-state index in [2.05, 4.69) is 41.7 Å². The SMILES string of the molecule is [2H]C([2H])([2H])c1c[c-]c(-c2cc(C([2H])([2H])c3ccccc3)c([Si](C)(C)C)cn2)cc1.[2H]C([2H])(c1ccccc1)c1ccnc(-c2[c-]cc3sc4ccc(F)cc4c3c2)c1.[Ir]. The Morgan fingerprint density at radius 3 is 2.08 bits per heavy atom. The Balaban J connectivity index is 0.000000195. The summed E-state index contributed by atoms with van der Waals surface area (Å²) in [5.41, 5.74) is 5.18. The molecule has 3 heterocycles. The normalized spacial score (nSPS) is 14.0. The minimum atomic E-state index is -2.18. The second-order valence-corrected chi connectivity index (χ2v) is 19.3. The Hall–Kier alpha value is -4.58. The van der Waals surface area contributed by atoms with E-state index in [1.807, 2.05) is 48.5 Å². The molecule has 0 amide bonds. The first-order valence-electron chi connectivity index (χ1n) is 20.1. The minimum absolute atomic E-state index is 0. The maximum Gasteiger partial charge on any atom is 0.123 e. The van der Waals surface area contributed by atoms with Crippen molar-refractivity contribution in [2.75, 3.05) is 0 Å². The molecule has 0 aliphatic rings. The van der Waals surface area contributed by atoms with Gasteiger partial charge in [-0.25, -0.2) is 4.39 Å². The molecule has 8 rings (SSSR count). The Bertz CT molecular complexity index is 2720. The molecule has 0 unspecified atom stereocenters. The summed E-state index contributed by atoms with van der Waals surface area (Å²) in [5.74, 6) is -0.261. The second kappa shape index (κ2) is 16.4. The van der Waals surface area contributed by atoms with Crippen LogP contribution in [0.4, 0.5) is 4.39 Å². The number of aromatic nitrogens is 2. The van der Waals surface area contributed by atoms with E-state index in [0.29, 0.717) is 39.2 Å². The van der Waals surface area contributed by atoms with Crippen molar-refractivity contribution in [1.82, 2.24) is 9.97 Å². The third kappa shape index (κ3) is 8.89. The average Bonchev–Trinajstić information content (AvgIpc) is 3.58. The Morgan fingerprint density at radius 1 is 0.692 bits per heavy atom. The summed E-state index contributed by atoms with van der Waals surface area (Å²) in [5, 5.41) is 2.79. The zero-order valence-corrected chi connectivity index (χ0v) is 33.0. The van der Waals surface area contributed by atoms with Gasteiger partial charge in [0.05, 0.1) is 8.07 Å². The molecule has 261 valence electrons. The number of halogens is 1. The molecule has 2 nitrogen and oxygen atoms in total. The zero-order chi connectivity index (χ0) is 41.5. The predicted octanol–water partition coefficient (Wildman–Crippen LogP) is 11.6. The van der Waals surface area contributed by atoms with Gasteiger partial charge < -0.3 is 9.97 Å². The van der Waals surface area contributed by atoms with Crippen LogP contribution in [0.2, 0.25) is 19.6 Å². The zero-order valence-electron chi connectivity index (χ0n) is 35.8. The molecule has 52 heavy (non-hydrogen) atoms. The van der Waals surface area contributed by atoms with Crippen LogP contribution < -0.4 is 5.19 Å². The van der Waals surface area contributed by atoms with Crippen LogP contribution >= 0.6 is 11.3 Å². The summed E-state index contributed by atoms with van der Waals surface area (Å²) < 4.78 is 73.3. The molecule has 0 spiro atoms. The summed E-state index contributed by atoms with van der Waals surface area (Å²) in [6.07, 6.45) is 0.0898. The van der Waals surface area contributed by atoms with Crippen LogP contribution in [0.15, 0.2) is 140 Å². The molecule has 0 fully saturated rings. The molecule has 0 aliphatic carbocycles. The number of fused-ring (bicyclic) bond motifs is 3. The van der Waals surface area contributed by atoms with E-state index in [0.717, 1.165) is 30.9 Å². The Morgan fingerprint density at radius 2 is 1.38 bits per heavy atom. The smallest absolute Gasteiger partial charge is 0.123 e. The monoisotopic (exact) mass is 898 g/mol. The molecule has 0 N–H and O–H groups in total. The van der Waals surface area contributed by atoms with Gasteiger partial charge in [-0.1, -0.05) is 110 Å².